The maximum absolute atomic E-state index is 12.5. The first kappa shape index (κ1) is 17.4. The van der Waals surface area contributed by atoms with E-state index in [2.05, 4.69) is 15.6 Å². The van der Waals surface area contributed by atoms with Crippen molar-refractivity contribution in [3.8, 4) is 5.75 Å². The minimum atomic E-state index is -0.418. The highest BCUT2D eigenvalue weighted by atomic mass is 32.1. The van der Waals surface area contributed by atoms with E-state index in [9.17, 15) is 4.79 Å². The molecule has 5 nitrogen and oxygen atoms in total. The van der Waals surface area contributed by atoms with E-state index in [1.807, 2.05) is 50.2 Å². The number of fused-ring (bicyclic) bond motifs is 1. The van der Waals surface area contributed by atoms with E-state index in [1.165, 1.54) is 0 Å². The number of carbonyl (C=O) groups is 1. The molecule has 0 spiro atoms. The molecule has 0 radical (unpaired) electrons. The fourth-order valence-electron chi connectivity index (χ4n) is 3.32. The minimum Gasteiger partial charge on any atom is -0.493 e. The van der Waals surface area contributed by atoms with Crippen molar-refractivity contribution in [3.05, 3.63) is 42.0 Å². The monoisotopic (exact) mass is 355 g/mol. The third-order valence-corrected chi connectivity index (χ3v) is 4.63. The van der Waals surface area contributed by atoms with E-state index in [0.717, 1.165) is 22.1 Å². The zero-order valence-corrected chi connectivity index (χ0v) is 15.3. The quantitative estimate of drug-likeness (QED) is 0.828. The van der Waals surface area contributed by atoms with Crippen LogP contribution in [-0.4, -0.2) is 30.4 Å². The topological polar surface area (TPSA) is 62.7 Å². The number of hydrogen-bond acceptors (Lipinski definition) is 3. The Morgan fingerprint density at radius 3 is 2.68 bits per heavy atom. The van der Waals surface area contributed by atoms with E-state index in [-0.39, 0.29) is 11.9 Å². The predicted molar refractivity (Wildman–Crippen MR) is 104 cm³/mol. The molecule has 0 saturated heterocycles. The highest BCUT2D eigenvalue weighted by molar-refractivity contribution is 7.80. The maximum atomic E-state index is 12.5. The van der Waals surface area contributed by atoms with Crippen molar-refractivity contribution < 1.29 is 9.53 Å². The van der Waals surface area contributed by atoms with Gasteiger partial charge in [0.2, 0.25) is 5.91 Å². The molecule has 1 heterocycles. The highest BCUT2D eigenvalue weighted by Crippen LogP contribution is 2.36. The van der Waals surface area contributed by atoms with Crippen molar-refractivity contribution in [2.75, 3.05) is 13.7 Å². The lowest BCUT2D eigenvalue weighted by atomic mass is 9.85. The van der Waals surface area contributed by atoms with Crippen molar-refractivity contribution in [2.45, 2.75) is 19.9 Å². The molecule has 0 saturated carbocycles. The molecule has 0 bridgehead atoms. The summed E-state index contributed by atoms with van der Waals surface area (Å²) in [6.45, 7) is 4.41. The van der Waals surface area contributed by atoms with Crippen molar-refractivity contribution in [3.63, 3.8) is 0 Å². The van der Waals surface area contributed by atoms with Gasteiger partial charge < -0.3 is 15.4 Å². The lowest BCUT2D eigenvalue weighted by Crippen LogP contribution is -2.46. The van der Waals surface area contributed by atoms with Gasteiger partial charge in [-0.1, -0.05) is 30.3 Å². The van der Waals surface area contributed by atoms with Crippen LogP contribution in [0.5, 0.6) is 5.75 Å². The predicted octanol–water partition coefficient (Wildman–Crippen LogP) is 2.99. The van der Waals surface area contributed by atoms with Gasteiger partial charge in [-0.25, -0.2) is 4.99 Å². The van der Waals surface area contributed by atoms with Crippen LogP contribution in [0, 0.1) is 5.92 Å². The first-order valence-electron chi connectivity index (χ1n) is 8.28. The van der Waals surface area contributed by atoms with Crippen LogP contribution in [0.1, 0.15) is 25.5 Å². The highest BCUT2D eigenvalue weighted by Gasteiger charge is 2.36. The van der Waals surface area contributed by atoms with Gasteiger partial charge in [-0.15, -0.1) is 0 Å². The molecule has 130 valence electrons. The molecule has 2 aromatic carbocycles. The fourth-order valence-corrected chi connectivity index (χ4v) is 3.59. The Hall–Kier alpha value is -2.47. The van der Waals surface area contributed by atoms with Gasteiger partial charge in [-0.05, 0) is 43.1 Å². The third-order valence-electron chi connectivity index (χ3n) is 4.42. The molecule has 2 unspecified atom stereocenters. The number of aliphatic imine (C=N–C) groups is 1. The Kier molecular flexibility index (Phi) is 4.99. The Morgan fingerprint density at radius 1 is 1.28 bits per heavy atom. The van der Waals surface area contributed by atoms with Crippen LogP contribution in [0.2, 0.25) is 0 Å². The molecule has 0 aromatic heterocycles. The number of benzene rings is 2. The molecule has 6 heteroatoms. The number of rotatable bonds is 4. The minimum absolute atomic E-state index is 0.0841. The molecule has 3 rings (SSSR count). The second kappa shape index (κ2) is 7.19. The van der Waals surface area contributed by atoms with Gasteiger partial charge in [0.15, 0.2) is 5.11 Å². The Labute approximate surface area is 152 Å². The van der Waals surface area contributed by atoms with Crippen molar-refractivity contribution in [1.82, 2.24) is 10.6 Å². The Balaban J connectivity index is 2.17. The third kappa shape index (κ3) is 3.22. The molecule has 0 fully saturated rings. The Morgan fingerprint density at radius 2 is 2.00 bits per heavy atom. The average molecular weight is 355 g/mol. The molecule has 1 aliphatic heterocycles. The van der Waals surface area contributed by atoms with Crippen LogP contribution >= 0.6 is 12.2 Å². The number of hydrogen-bond donors (Lipinski definition) is 2. The van der Waals surface area contributed by atoms with E-state index < -0.39 is 5.92 Å². The van der Waals surface area contributed by atoms with Crippen LogP contribution in [0.25, 0.3) is 10.8 Å². The van der Waals surface area contributed by atoms with Gasteiger partial charge in [0.1, 0.15) is 11.7 Å². The maximum Gasteiger partial charge on any atom is 0.230 e. The molecular formula is C19H21N3O2S. The standard InChI is InChI=1S/C19H21N3O2S/c1-4-24-15-10-9-14(12-7-5-6-8-13(12)15)17-16(18(23)20-3)11(2)21-19(25)22-17/h5-10,16-17H,4H2,1-3H3,(H,20,23)(H,22,25). The van der Waals surface area contributed by atoms with Crippen molar-refractivity contribution >= 4 is 39.7 Å². The average Bonchev–Trinajstić information content (AvgIpc) is 2.61. The van der Waals surface area contributed by atoms with Crippen LogP contribution in [0.4, 0.5) is 0 Å². The van der Waals surface area contributed by atoms with Gasteiger partial charge in [0.05, 0.1) is 12.6 Å². The SMILES string of the molecule is CCOc1ccc(C2NC(=S)N=C(C)C2C(=O)NC)c2ccccc12. The van der Waals surface area contributed by atoms with Crippen LogP contribution < -0.4 is 15.4 Å². The fraction of sp³-hybridized carbons (Fsp3) is 0.316. The number of ether oxygens (including phenoxy) is 1. The van der Waals surface area contributed by atoms with E-state index >= 15 is 0 Å². The summed E-state index contributed by atoms with van der Waals surface area (Å²) in [6, 6.07) is 11.7. The van der Waals surface area contributed by atoms with E-state index in [0.29, 0.717) is 17.4 Å². The summed E-state index contributed by atoms with van der Waals surface area (Å²) in [6.07, 6.45) is 0. The second-order valence-electron chi connectivity index (χ2n) is 5.90. The molecule has 2 atom stereocenters. The number of amides is 1. The van der Waals surface area contributed by atoms with Crippen LogP contribution in [0.15, 0.2) is 41.4 Å². The van der Waals surface area contributed by atoms with E-state index in [4.69, 9.17) is 17.0 Å². The second-order valence-corrected chi connectivity index (χ2v) is 6.29. The summed E-state index contributed by atoms with van der Waals surface area (Å²) in [5, 5.41) is 8.41. The number of thiocarbonyl (C=S) groups is 1. The lowest BCUT2D eigenvalue weighted by molar-refractivity contribution is -0.123. The molecule has 2 N–H and O–H groups in total. The summed E-state index contributed by atoms with van der Waals surface area (Å²) in [5.41, 5.74) is 1.72. The zero-order chi connectivity index (χ0) is 18.0. The number of carbonyl (C=O) groups excluding carboxylic acids is 1. The van der Waals surface area contributed by atoms with Crippen molar-refractivity contribution in [1.29, 1.82) is 0 Å². The van der Waals surface area contributed by atoms with E-state index in [1.54, 1.807) is 7.05 Å². The van der Waals surface area contributed by atoms with Gasteiger partial charge >= 0.3 is 0 Å². The summed E-state index contributed by atoms with van der Waals surface area (Å²) >= 11 is 5.27. The zero-order valence-electron chi connectivity index (χ0n) is 14.5. The number of nitrogens with one attached hydrogen (secondary N) is 2. The summed E-state index contributed by atoms with van der Waals surface area (Å²) in [5.74, 6) is 0.333. The smallest absolute Gasteiger partial charge is 0.230 e. The van der Waals surface area contributed by atoms with Crippen LogP contribution in [0.3, 0.4) is 0 Å². The summed E-state index contributed by atoms with van der Waals surface area (Å²) in [4.78, 5) is 16.8. The molecule has 1 amide bonds. The van der Waals surface area contributed by atoms with Crippen molar-refractivity contribution in [2.24, 2.45) is 10.9 Å². The molecule has 0 aliphatic carbocycles. The van der Waals surface area contributed by atoms with Gasteiger partial charge in [-0.3, -0.25) is 4.79 Å². The number of nitrogens with zero attached hydrogens (tertiary/aromatic N) is 1. The van der Waals surface area contributed by atoms with Gasteiger partial charge in [0.25, 0.3) is 0 Å². The first-order valence-corrected chi connectivity index (χ1v) is 8.69. The Bertz CT molecular complexity index is 863. The molecule has 1 aliphatic rings. The molecule has 25 heavy (non-hydrogen) atoms. The first-order chi connectivity index (χ1) is 12.1. The lowest BCUT2D eigenvalue weighted by Gasteiger charge is -2.32. The molecule has 2 aromatic rings. The summed E-state index contributed by atoms with van der Waals surface area (Å²) in [7, 11) is 1.63. The normalized spacial score (nSPS) is 20.0. The molecular weight excluding hydrogens is 334 g/mol. The largest absolute Gasteiger partial charge is 0.493 e. The van der Waals surface area contributed by atoms with Gasteiger partial charge in [0, 0.05) is 18.1 Å². The van der Waals surface area contributed by atoms with Gasteiger partial charge in [-0.2, -0.15) is 0 Å². The summed E-state index contributed by atoms with van der Waals surface area (Å²) < 4.78 is 5.75. The van der Waals surface area contributed by atoms with Crippen LogP contribution in [-0.2, 0) is 4.79 Å².